The van der Waals surface area contributed by atoms with Crippen molar-refractivity contribution in [1.82, 2.24) is 19.4 Å². The molecule has 0 unspecified atom stereocenters. The highest BCUT2D eigenvalue weighted by Crippen LogP contribution is 2.21. The lowest BCUT2D eigenvalue weighted by Crippen LogP contribution is -2.34. The first-order valence-electron chi connectivity index (χ1n) is 6.46. The number of aromatic nitrogens is 3. The number of likely N-dealkylation sites (tertiary alicyclic amines) is 1. The van der Waals surface area contributed by atoms with Crippen LogP contribution in [0.3, 0.4) is 0 Å². The summed E-state index contributed by atoms with van der Waals surface area (Å²) in [5, 5.41) is 3.30. The van der Waals surface area contributed by atoms with Crippen molar-refractivity contribution >= 4 is 11.3 Å². The molecule has 0 amide bonds. The lowest BCUT2D eigenvalue weighted by Gasteiger charge is -2.31. The summed E-state index contributed by atoms with van der Waals surface area (Å²) in [5.74, 6) is 0.798. The molecule has 2 aromatic rings. The van der Waals surface area contributed by atoms with Gasteiger partial charge in [0.05, 0.1) is 12.9 Å². The quantitative estimate of drug-likeness (QED) is 0.847. The Morgan fingerprint density at radius 1 is 1.28 bits per heavy atom. The van der Waals surface area contributed by atoms with E-state index in [-0.39, 0.29) is 0 Å². The highest BCUT2D eigenvalue weighted by Gasteiger charge is 2.19. The largest absolute Gasteiger partial charge is 0.337 e. The Morgan fingerprint density at radius 3 is 2.83 bits per heavy atom. The zero-order valence-electron chi connectivity index (χ0n) is 10.4. The molecule has 1 fully saturated rings. The molecule has 4 nitrogen and oxygen atoms in total. The molecule has 1 aliphatic rings. The second-order valence-corrected chi connectivity index (χ2v) is 5.88. The second-order valence-electron chi connectivity index (χ2n) is 4.90. The van der Waals surface area contributed by atoms with Gasteiger partial charge in [0.15, 0.2) is 0 Å². The van der Waals surface area contributed by atoms with E-state index < -0.39 is 0 Å². The van der Waals surface area contributed by atoms with Gasteiger partial charge in [-0.25, -0.2) is 9.97 Å². The average Bonchev–Trinajstić information content (AvgIpc) is 3.05. The Hall–Kier alpha value is -1.20. The first-order chi connectivity index (χ1) is 8.90. The van der Waals surface area contributed by atoms with E-state index in [1.807, 2.05) is 18.7 Å². The predicted octanol–water partition coefficient (Wildman–Crippen LogP) is 2.25. The molecule has 1 saturated heterocycles. The second kappa shape index (κ2) is 5.63. The topological polar surface area (TPSA) is 34.0 Å². The standard InChI is InChI=1S/C13H18N4S/c1-5-16(10-13-15-4-8-18-13)6-2-12(1)9-17-7-3-14-11-17/h3-4,7-8,11-12H,1-2,5-6,9-10H2. The molecule has 0 spiro atoms. The van der Waals surface area contributed by atoms with E-state index >= 15 is 0 Å². The highest BCUT2D eigenvalue weighted by atomic mass is 32.1. The number of nitrogens with zero attached hydrogens (tertiary/aromatic N) is 4. The molecule has 0 atom stereocenters. The monoisotopic (exact) mass is 262 g/mol. The Labute approximate surface area is 111 Å². The SMILES string of the molecule is c1cn(CC2CCN(Cc3nccs3)CC2)cn1. The summed E-state index contributed by atoms with van der Waals surface area (Å²) >= 11 is 1.76. The molecular formula is C13H18N4S. The summed E-state index contributed by atoms with van der Waals surface area (Å²) in [6.45, 7) is 4.53. The van der Waals surface area contributed by atoms with Crippen molar-refractivity contribution in [2.45, 2.75) is 25.9 Å². The van der Waals surface area contributed by atoms with Gasteiger partial charge < -0.3 is 4.57 Å². The molecule has 0 N–H and O–H groups in total. The summed E-state index contributed by atoms with van der Waals surface area (Å²) in [7, 11) is 0. The van der Waals surface area contributed by atoms with Gasteiger partial charge in [0.25, 0.3) is 0 Å². The summed E-state index contributed by atoms with van der Waals surface area (Å²) in [6, 6.07) is 0. The minimum absolute atomic E-state index is 0.798. The highest BCUT2D eigenvalue weighted by molar-refractivity contribution is 7.09. The molecule has 0 aliphatic carbocycles. The first-order valence-corrected chi connectivity index (χ1v) is 7.34. The fourth-order valence-corrected chi connectivity index (χ4v) is 3.20. The van der Waals surface area contributed by atoms with Crippen LogP contribution in [0.25, 0.3) is 0 Å². The van der Waals surface area contributed by atoms with Gasteiger partial charge in [0, 0.05) is 30.5 Å². The normalized spacial score (nSPS) is 18.2. The van der Waals surface area contributed by atoms with E-state index in [1.165, 1.54) is 30.9 Å². The molecule has 0 saturated carbocycles. The van der Waals surface area contributed by atoms with Crippen LogP contribution in [0.4, 0.5) is 0 Å². The van der Waals surface area contributed by atoms with Crippen LogP contribution in [-0.2, 0) is 13.1 Å². The summed E-state index contributed by atoms with van der Waals surface area (Å²) in [4.78, 5) is 11.0. The van der Waals surface area contributed by atoms with Crippen LogP contribution >= 0.6 is 11.3 Å². The number of imidazole rings is 1. The van der Waals surface area contributed by atoms with Crippen LogP contribution in [0.2, 0.25) is 0 Å². The van der Waals surface area contributed by atoms with Crippen LogP contribution in [-0.4, -0.2) is 32.5 Å². The van der Waals surface area contributed by atoms with Gasteiger partial charge in [-0.3, -0.25) is 4.90 Å². The van der Waals surface area contributed by atoms with Crippen molar-refractivity contribution in [3.63, 3.8) is 0 Å². The van der Waals surface area contributed by atoms with Gasteiger partial charge >= 0.3 is 0 Å². The zero-order chi connectivity index (χ0) is 12.2. The van der Waals surface area contributed by atoms with E-state index in [0.29, 0.717) is 0 Å². The Balaban J connectivity index is 1.46. The number of thiazole rings is 1. The predicted molar refractivity (Wildman–Crippen MR) is 72.3 cm³/mol. The molecule has 2 aromatic heterocycles. The number of piperidine rings is 1. The molecule has 1 aliphatic heterocycles. The maximum Gasteiger partial charge on any atom is 0.107 e. The van der Waals surface area contributed by atoms with Gasteiger partial charge in [-0.1, -0.05) is 0 Å². The van der Waals surface area contributed by atoms with Crippen LogP contribution in [0.5, 0.6) is 0 Å². The molecule has 0 radical (unpaired) electrons. The fourth-order valence-electron chi connectivity index (χ4n) is 2.54. The Bertz CT molecular complexity index is 399. The molecule has 96 valence electrons. The zero-order valence-corrected chi connectivity index (χ0v) is 11.2. The third kappa shape index (κ3) is 2.97. The van der Waals surface area contributed by atoms with Gasteiger partial charge in [0.2, 0.25) is 0 Å². The van der Waals surface area contributed by atoms with Crippen molar-refractivity contribution in [2.24, 2.45) is 5.92 Å². The Morgan fingerprint density at radius 2 is 2.17 bits per heavy atom. The van der Waals surface area contributed by atoms with Crippen LogP contribution in [0.15, 0.2) is 30.3 Å². The minimum Gasteiger partial charge on any atom is -0.337 e. The van der Waals surface area contributed by atoms with E-state index in [9.17, 15) is 0 Å². The number of rotatable bonds is 4. The summed E-state index contributed by atoms with van der Waals surface area (Å²) < 4.78 is 2.20. The number of hydrogen-bond acceptors (Lipinski definition) is 4. The molecule has 3 heterocycles. The van der Waals surface area contributed by atoms with Crippen molar-refractivity contribution in [3.05, 3.63) is 35.3 Å². The number of hydrogen-bond donors (Lipinski definition) is 0. The summed E-state index contributed by atoms with van der Waals surface area (Å²) in [5.41, 5.74) is 0. The third-order valence-corrected chi connectivity index (χ3v) is 4.34. The van der Waals surface area contributed by atoms with E-state index in [4.69, 9.17) is 0 Å². The minimum atomic E-state index is 0.798. The van der Waals surface area contributed by atoms with Crippen LogP contribution in [0.1, 0.15) is 17.8 Å². The molecule has 3 rings (SSSR count). The van der Waals surface area contributed by atoms with Crippen molar-refractivity contribution < 1.29 is 0 Å². The smallest absolute Gasteiger partial charge is 0.107 e. The summed E-state index contributed by atoms with van der Waals surface area (Å²) in [6.07, 6.45) is 10.3. The van der Waals surface area contributed by atoms with Crippen LogP contribution in [0, 0.1) is 5.92 Å². The lowest BCUT2D eigenvalue weighted by atomic mass is 9.97. The lowest BCUT2D eigenvalue weighted by molar-refractivity contribution is 0.167. The van der Waals surface area contributed by atoms with E-state index in [1.54, 1.807) is 11.3 Å². The van der Waals surface area contributed by atoms with Crippen molar-refractivity contribution in [2.75, 3.05) is 13.1 Å². The van der Waals surface area contributed by atoms with Crippen LogP contribution < -0.4 is 0 Å². The van der Waals surface area contributed by atoms with Gasteiger partial charge in [-0.2, -0.15) is 0 Å². The molecule has 0 aromatic carbocycles. The maximum atomic E-state index is 4.35. The van der Waals surface area contributed by atoms with E-state index in [2.05, 4.69) is 31.0 Å². The molecular weight excluding hydrogens is 244 g/mol. The van der Waals surface area contributed by atoms with E-state index in [0.717, 1.165) is 19.0 Å². The van der Waals surface area contributed by atoms with Gasteiger partial charge in [-0.15, -0.1) is 11.3 Å². The van der Waals surface area contributed by atoms with Gasteiger partial charge in [0.1, 0.15) is 5.01 Å². The van der Waals surface area contributed by atoms with Crippen molar-refractivity contribution in [1.29, 1.82) is 0 Å². The molecule has 0 bridgehead atoms. The molecule has 5 heteroatoms. The first kappa shape index (κ1) is 11.9. The van der Waals surface area contributed by atoms with Crippen molar-refractivity contribution in [3.8, 4) is 0 Å². The maximum absolute atomic E-state index is 4.35. The average molecular weight is 262 g/mol. The molecule has 18 heavy (non-hydrogen) atoms. The Kier molecular flexibility index (Phi) is 3.71. The third-order valence-electron chi connectivity index (χ3n) is 3.58. The fraction of sp³-hybridized carbons (Fsp3) is 0.538. The van der Waals surface area contributed by atoms with Gasteiger partial charge in [-0.05, 0) is 31.8 Å².